The summed E-state index contributed by atoms with van der Waals surface area (Å²) >= 11 is 0. The molecule has 2 aliphatic heterocycles. The summed E-state index contributed by atoms with van der Waals surface area (Å²) in [7, 11) is 0. The van der Waals surface area contributed by atoms with Crippen LogP contribution < -0.4 is 5.32 Å². The maximum Gasteiger partial charge on any atom is 0.308 e. The van der Waals surface area contributed by atoms with Crippen molar-refractivity contribution in [2.24, 2.45) is 5.92 Å². The Balaban J connectivity index is 1.88. The molecule has 15 heavy (non-hydrogen) atoms. The maximum absolute atomic E-state index is 11.6. The average molecular weight is 212 g/mol. The van der Waals surface area contributed by atoms with Crippen LogP contribution in [0.3, 0.4) is 0 Å². The zero-order chi connectivity index (χ0) is 10.7. The summed E-state index contributed by atoms with van der Waals surface area (Å²) < 4.78 is 4.76. The van der Waals surface area contributed by atoms with Crippen LogP contribution in [0.15, 0.2) is 0 Å². The maximum atomic E-state index is 11.6. The standard InChI is InChI=1S/C10H16N2O3/c13-9-7-15-10(14)2-4-12(9)6-8-1-3-11-5-8/h8,11H,1-7H2. The van der Waals surface area contributed by atoms with Crippen molar-refractivity contribution in [2.45, 2.75) is 12.8 Å². The summed E-state index contributed by atoms with van der Waals surface area (Å²) in [6.07, 6.45) is 1.43. The Hall–Kier alpha value is -1.10. The highest BCUT2D eigenvalue weighted by Gasteiger charge is 2.25. The highest BCUT2D eigenvalue weighted by molar-refractivity contribution is 5.83. The quantitative estimate of drug-likeness (QED) is 0.619. The number of hydrogen-bond acceptors (Lipinski definition) is 4. The van der Waals surface area contributed by atoms with Gasteiger partial charge in [0.15, 0.2) is 6.61 Å². The second kappa shape index (κ2) is 4.61. The Morgan fingerprint density at radius 2 is 2.33 bits per heavy atom. The molecular formula is C10H16N2O3. The Morgan fingerprint density at radius 3 is 3.07 bits per heavy atom. The second-order valence-corrected chi connectivity index (χ2v) is 4.11. The number of ether oxygens (including phenoxy) is 1. The topological polar surface area (TPSA) is 58.6 Å². The van der Waals surface area contributed by atoms with Crippen molar-refractivity contribution in [3.8, 4) is 0 Å². The van der Waals surface area contributed by atoms with E-state index in [0.717, 1.165) is 26.1 Å². The first-order chi connectivity index (χ1) is 7.25. The smallest absolute Gasteiger partial charge is 0.308 e. The first kappa shape index (κ1) is 10.4. The van der Waals surface area contributed by atoms with Crippen molar-refractivity contribution < 1.29 is 14.3 Å². The molecule has 0 aromatic rings. The number of carbonyl (C=O) groups excluding carboxylic acids is 2. The molecular weight excluding hydrogens is 196 g/mol. The normalized spacial score (nSPS) is 27.7. The summed E-state index contributed by atoms with van der Waals surface area (Å²) in [6, 6.07) is 0. The van der Waals surface area contributed by atoms with Crippen molar-refractivity contribution in [1.29, 1.82) is 0 Å². The third-order valence-electron chi connectivity index (χ3n) is 2.94. The van der Waals surface area contributed by atoms with E-state index >= 15 is 0 Å². The number of cyclic esters (lactones) is 1. The Kier molecular flexibility index (Phi) is 3.20. The molecule has 1 unspecified atom stereocenters. The molecule has 1 N–H and O–H groups in total. The number of rotatable bonds is 2. The molecule has 84 valence electrons. The Bertz CT molecular complexity index is 261. The monoisotopic (exact) mass is 212 g/mol. The lowest BCUT2D eigenvalue weighted by Crippen LogP contribution is -2.37. The molecule has 0 radical (unpaired) electrons. The highest BCUT2D eigenvalue weighted by Crippen LogP contribution is 2.12. The molecule has 2 aliphatic rings. The Morgan fingerprint density at radius 1 is 1.47 bits per heavy atom. The van der Waals surface area contributed by atoms with E-state index in [4.69, 9.17) is 4.74 Å². The number of esters is 1. The van der Waals surface area contributed by atoms with Crippen LogP contribution in [0.4, 0.5) is 0 Å². The van der Waals surface area contributed by atoms with Gasteiger partial charge in [0.05, 0.1) is 6.42 Å². The van der Waals surface area contributed by atoms with Gasteiger partial charge in [0.1, 0.15) is 0 Å². The van der Waals surface area contributed by atoms with E-state index < -0.39 is 0 Å². The first-order valence-electron chi connectivity index (χ1n) is 5.40. The highest BCUT2D eigenvalue weighted by atomic mass is 16.5. The molecule has 2 rings (SSSR count). The number of nitrogens with zero attached hydrogens (tertiary/aromatic N) is 1. The lowest BCUT2D eigenvalue weighted by molar-refractivity contribution is -0.147. The van der Waals surface area contributed by atoms with Crippen molar-refractivity contribution >= 4 is 11.9 Å². The third kappa shape index (κ3) is 2.68. The van der Waals surface area contributed by atoms with Gasteiger partial charge < -0.3 is 15.0 Å². The van der Waals surface area contributed by atoms with Crippen LogP contribution in [0, 0.1) is 5.92 Å². The van der Waals surface area contributed by atoms with Gasteiger partial charge in [-0.05, 0) is 25.4 Å². The van der Waals surface area contributed by atoms with E-state index in [0.29, 0.717) is 18.9 Å². The molecule has 5 heteroatoms. The lowest BCUT2D eigenvalue weighted by Gasteiger charge is -2.22. The lowest BCUT2D eigenvalue weighted by atomic mass is 10.1. The fourth-order valence-electron chi connectivity index (χ4n) is 2.03. The zero-order valence-corrected chi connectivity index (χ0v) is 8.70. The average Bonchev–Trinajstić information content (AvgIpc) is 2.67. The molecule has 0 aromatic carbocycles. The second-order valence-electron chi connectivity index (χ2n) is 4.11. The summed E-state index contributed by atoms with van der Waals surface area (Å²) in [4.78, 5) is 24.3. The molecule has 0 aromatic heterocycles. The molecule has 0 spiro atoms. The van der Waals surface area contributed by atoms with Crippen LogP contribution in [-0.2, 0) is 14.3 Å². The van der Waals surface area contributed by atoms with Gasteiger partial charge in [-0.15, -0.1) is 0 Å². The van der Waals surface area contributed by atoms with E-state index in [9.17, 15) is 9.59 Å². The molecule has 2 saturated heterocycles. The molecule has 0 saturated carbocycles. The van der Waals surface area contributed by atoms with Gasteiger partial charge in [-0.3, -0.25) is 9.59 Å². The van der Waals surface area contributed by atoms with Gasteiger partial charge >= 0.3 is 5.97 Å². The molecule has 2 fully saturated rings. The molecule has 0 bridgehead atoms. The fraction of sp³-hybridized carbons (Fsp3) is 0.800. The summed E-state index contributed by atoms with van der Waals surface area (Å²) in [5.74, 6) is 0.199. The van der Waals surface area contributed by atoms with E-state index in [-0.39, 0.29) is 18.5 Å². The van der Waals surface area contributed by atoms with Gasteiger partial charge in [-0.1, -0.05) is 0 Å². The number of amides is 1. The Labute approximate surface area is 88.8 Å². The van der Waals surface area contributed by atoms with Crippen molar-refractivity contribution in [3.63, 3.8) is 0 Å². The minimum absolute atomic E-state index is 0.0623. The van der Waals surface area contributed by atoms with Crippen LogP contribution >= 0.6 is 0 Å². The summed E-state index contributed by atoms with van der Waals surface area (Å²) in [5, 5.41) is 3.26. The number of nitrogens with one attached hydrogen (secondary N) is 1. The van der Waals surface area contributed by atoms with Crippen LogP contribution in [0.25, 0.3) is 0 Å². The molecule has 1 amide bonds. The first-order valence-corrected chi connectivity index (χ1v) is 5.40. The van der Waals surface area contributed by atoms with Crippen molar-refractivity contribution in [2.75, 3.05) is 32.8 Å². The van der Waals surface area contributed by atoms with Gasteiger partial charge in [-0.25, -0.2) is 0 Å². The minimum atomic E-state index is -0.268. The molecule has 0 aliphatic carbocycles. The van der Waals surface area contributed by atoms with Gasteiger partial charge in [-0.2, -0.15) is 0 Å². The van der Waals surface area contributed by atoms with Gasteiger partial charge in [0.25, 0.3) is 5.91 Å². The van der Waals surface area contributed by atoms with E-state index in [2.05, 4.69) is 5.32 Å². The predicted octanol–water partition coefficient (Wildman–Crippen LogP) is -0.629. The van der Waals surface area contributed by atoms with Crippen LogP contribution in [0.2, 0.25) is 0 Å². The zero-order valence-electron chi connectivity index (χ0n) is 8.70. The van der Waals surface area contributed by atoms with E-state index in [1.54, 1.807) is 4.90 Å². The van der Waals surface area contributed by atoms with Crippen LogP contribution in [0.1, 0.15) is 12.8 Å². The van der Waals surface area contributed by atoms with Crippen LogP contribution in [0.5, 0.6) is 0 Å². The molecule has 2 heterocycles. The SMILES string of the molecule is O=C1CCN(CC2CCNC2)C(=O)CO1. The third-order valence-corrected chi connectivity index (χ3v) is 2.94. The van der Waals surface area contributed by atoms with Gasteiger partial charge in [0.2, 0.25) is 0 Å². The van der Waals surface area contributed by atoms with E-state index in [1.165, 1.54) is 0 Å². The number of carbonyl (C=O) groups is 2. The van der Waals surface area contributed by atoms with Gasteiger partial charge in [0, 0.05) is 13.1 Å². The van der Waals surface area contributed by atoms with Crippen molar-refractivity contribution in [3.05, 3.63) is 0 Å². The summed E-state index contributed by atoms with van der Waals surface area (Å²) in [5.41, 5.74) is 0. The summed E-state index contributed by atoms with van der Waals surface area (Å²) in [6.45, 7) is 3.18. The van der Waals surface area contributed by atoms with Crippen molar-refractivity contribution in [1.82, 2.24) is 10.2 Å². The molecule has 1 atom stereocenters. The molecule has 5 nitrogen and oxygen atoms in total. The van der Waals surface area contributed by atoms with Crippen LogP contribution in [-0.4, -0.2) is 49.6 Å². The number of hydrogen-bond donors (Lipinski definition) is 1. The minimum Gasteiger partial charge on any atom is -0.456 e. The largest absolute Gasteiger partial charge is 0.456 e. The van der Waals surface area contributed by atoms with E-state index in [1.807, 2.05) is 0 Å². The fourth-order valence-corrected chi connectivity index (χ4v) is 2.03. The predicted molar refractivity (Wildman–Crippen MR) is 53.1 cm³/mol.